The van der Waals surface area contributed by atoms with Crippen LogP contribution in [0.3, 0.4) is 0 Å². The Hall–Kier alpha value is -3.33. The molecule has 8 nitrogen and oxygen atoms in total. The van der Waals surface area contributed by atoms with Crippen molar-refractivity contribution >= 4 is 40.7 Å². The molecule has 1 N–H and O–H groups in total. The second kappa shape index (κ2) is 7.49. The maximum atomic E-state index is 13.4. The van der Waals surface area contributed by atoms with Gasteiger partial charge in [0.1, 0.15) is 12.4 Å². The number of nitrogens with zero attached hydrogens (tertiary/aromatic N) is 4. The summed E-state index contributed by atoms with van der Waals surface area (Å²) in [5.41, 5.74) is 2.75. The first-order chi connectivity index (χ1) is 14.3. The first-order valence-corrected chi connectivity index (χ1v) is 9.52. The van der Waals surface area contributed by atoms with Crippen LogP contribution in [0.15, 0.2) is 46.7 Å². The van der Waals surface area contributed by atoms with Crippen LogP contribution < -0.4 is 10.2 Å². The fourth-order valence-corrected chi connectivity index (χ4v) is 3.63. The van der Waals surface area contributed by atoms with Gasteiger partial charge >= 0.3 is 0 Å². The van der Waals surface area contributed by atoms with Gasteiger partial charge in [0.15, 0.2) is 12.1 Å². The predicted octanol–water partition coefficient (Wildman–Crippen LogP) is 3.03. The quantitative estimate of drug-likeness (QED) is 0.756. The Balaban J connectivity index is 1.51. The van der Waals surface area contributed by atoms with E-state index in [0.717, 1.165) is 22.1 Å². The third-order valence-corrected chi connectivity index (χ3v) is 5.49. The Morgan fingerprint density at radius 1 is 1.20 bits per heavy atom. The van der Waals surface area contributed by atoms with E-state index in [1.54, 1.807) is 6.07 Å². The van der Waals surface area contributed by atoms with Crippen molar-refractivity contribution in [2.24, 2.45) is 10.3 Å². The van der Waals surface area contributed by atoms with E-state index in [0.29, 0.717) is 5.69 Å². The van der Waals surface area contributed by atoms with Gasteiger partial charge < -0.3 is 5.32 Å². The van der Waals surface area contributed by atoms with Crippen LogP contribution in [0.4, 0.5) is 15.8 Å². The monoisotopic (exact) mass is 429 g/mol. The van der Waals surface area contributed by atoms with Crippen molar-refractivity contribution in [3.05, 3.63) is 58.4 Å². The molecule has 2 aromatic carbocycles. The van der Waals surface area contributed by atoms with E-state index in [2.05, 4.69) is 15.7 Å². The van der Waals surface area contributed by atoms with E-state index in [1.165, 1.54) is 17.1 Å². The molecule has 2 unspecified atom stereocenters. The van der Waals surface area contributed by atoms with Gasteiger partial charge in [-0.25, -0.2) is 9.29 Å². The lowest BCUT2D eigenvalue weighted by Crippen LogP contribution is -2.43. The molecule has 154 valence electrons. The van der Waals surface area contributed by atoms with Gasteiger partial charge in [-0.15, -0.1) is 0 Å². The van der Waals surface area contributed by atoms with Crippen molar-refractivity contribution in [1.82, 2.24) is 5.01 Å². The average molecular weight is 430 g/mol. The number of nitrogens with one attached hydrogen (secondary N) is 1. The summed E-state index contributed by atoms with van der Waals surface area (Å²) in [6.07, 6.45) is 0. The normalized spacial score (nSPS) is 20.1. The number of hydrogen-bond donors (Lipinski definition) is 1. The van der Waals surface area contributed by atoms with Gasteiger partial charge in [0, 0.05) is 5.69 Å². The molecular weight excluding hydrogens is 413 g/mol. The average Bonchev–Trinajstić information content (AvgIpc) is 3.21. The van der Waals surface area contributed by atoms with Crippen molar-refractivity contribution in [2.45, 2.75) is 25.9 Å². The Morgan fingerprint density at radius 2 is 1.97 bits per heavy atom. The van der Waals surface area contributed by atoms with E-state index >= 15 is 0 Å². The zero-order chi connectivity index (χ0) is 21.6. The number of anilines is 2. The molecule has 1 fully saturated rings. The van der Waals surface area contributed by atoms with Crippen LogP contribution in [0, 0.1) is 19.7 Å². The third kappa shape index (κ3) is 3.30. The van der Waals surface area contributed by atoms with Crippen LogP contribution in [0.1, 0.15) is 11.1 Å². The van der Waals surface area contributed by atoms with E-state index in [1.807, 2.05) is 26.0 Å². The first-order valence-electron chi connectivity index (χ1n) is 9.14. The van der Waals surface area contributed by atoms with Gasteiger partial charge in [-0.05, 0) is 49.2 Å². The molecule has 10 heteroatoms. The van der Waals surface area contributed by atoms with Gasteiger partial charge in [-0.1, -0.05) is 29.0 Å². The van der Waals surface area contributed by atoms with Crippen LogP contribution in [-0.2, 0) is 14.4 Å². The van der Waals surface area contributed by atoms with Gasteiger partial charge in [0.25, 0.3) is 11.8 Å². The molecule has 3 amide bonds. The molecule has 0 aromatic heterocycles. The number of rotatable bonds is 4. The van der Waals surface area contributed by atoms with E-state index in [-0.39, 0.29) is 17.3 Å². The van der Waals surface area contributed by atoms with E-state index < -0.39 is 35.6 Å². The number of amides is 3. The Kier molecular flexibility index (Phi) is 4.98. The number of imide groups is 1. The van der Waals surface area contributed by atoms with Crippen LogP contribution in [0.2, 0.25) is 5.02 Å². The summed E-state index contributed by atoms with van der Waals surface area (Å²) in [6, 6.07) is 7.00. The Labute approximate surface area is 176 Å². The highest BCUT2D eigenvalue weighted by molar-refractivity contribution is 6.32. The van der Waals surface area contributed by atoms with Crippen molar-refractivity contribution in [3.8, 4) is 0 Å². The van der Waals surface area contributed by atoms with Gasteiger partial charge in [0.2, 0.25) is 5.91 Å². The molecule has 4 rings (SSSR count). The summed E-state index contributed by atoms with van der Waals surface area (Å²) in [5.74, 6) is -2.26. The second-order valence-corrected chi connectivity index (χ2v) is 7.51. The number of aryl methyl sites for hydroxylation is 1. The van der Waals surface area contributed by atoms with Crippen molar-refractivity contribution in [1.29, 1.82) is 0 Å². The van der Waals surface area contributed by atoms with Crippen molar-refractivity contribution in [2.75, 3.05) is 16.8 Å². The second-order valence-electron chi connectivity index (χ2n) is 7.10. The summed E-state index contributed by atoms with van der Waals surface area (Å²) in [5, 5.41) is 11.5. The predicted molar refractivity (Wildman–Crippen MR) is 108 cm³/mol. The lowest BCUT2D eigenvalue weighted by atomic mass is 10.1. The largest absolute Gasteiger partial charge is 0.324 e. The summed E-state index contributed by atoms with van der Waals surface area (Å²) in [7, 11) is 0. The van der Waals surface area contributed by atoms with Crippen molar-refractivity contribution < 1.29 is 18.8 Å². The molecule has 0 aliphatic carbocycles. The summed E-state index contributed by atoms with van der Waals surface area (Å²) >= 11 is 5.78. The fourth-order valence-electron chi connectivity index (χ4n) is 3.46. The number of carbonyl (C=O) groups excluding carboxylic acids is 3. The molecule has 0 saturated carbocycles. The standard InChI is InChI=1S/C20H17ClFN5O3/c1-10-4-3-5-15(11(10)2)23-16(28)9-26-18-17(24-25-26)19(29)27(20(18)30)12-6-7-14(22)13(21)8-12/h3-8,17-18H,9H2,1-2H3,(H,23,28). The van der Waals surface area contributed by atoms with E-state index in [4.69, 9.17) is 11.6 Å². The maximum Gasteiger partial charge on any atom is 0.263 e. The summed E-state index contributed by atoms with van der Waals surface area (Å²) < 4.78 is 13.4. The first kappa shape index (κ1) is 20.0. The minimum atomic E-state index is -1.06. The van der Waals surface area contributed by atoms with Gasteiger partial charge in [-0.2, -0.15) is 5.11 Å². The SMILES string of the molecule is Cc1cccc(NC(=O)CN2N=NC3C(=O)N(c4ccc(F)c(Cl)c4)C(=O)C32)c1C. The maximum absolute atomic E-state index is 13.4. The summed E-state index contributed by atoms with van der Waals surface area (Å²) in [4.78, 5) is 39.0. The topological polar surface area (TPSA) is 94.4 Å². The zero-order valence-corrected chi connectivity index (χ0v) is 16.9. The number of fused-ring (bicyclic) bond motifs is 1. The van der Waals surface area contributed by atoms with Crippen LogP contribution >= 0.6 is 11.6 Å². The van der Waals surface area contributed by atoms with Crippen molar-refractivity contribution in [3.63, 3.8) is 0 Å². The molecule has 2 atom stereocenters. The molecule has 0 bridgehead atoms. The fraction of sp³-hybridized carbons (Fsp3) is 0.250. The minimum absolute atomic E-state index is 0.140. The molecular formula is C20H17ClFN5O3. The molecule has 1 saturated heterocycles. The molecule has 30 heavy (non-hydrogen) atoms. The lowest BCUT2D eigenvalue weighted by molar-refractivity contribution is -0.123. The minimum Gasteiger partial charge on any atom is -0.324 e. The van der Waals surface area contributed by atoms with Gasteiger partial charge in [-0.3, -0.25) is 19.4 Å². The van der Waals surface area contributed by atoms with Crippen LogP contribution in [0.5, 0.6) is 0 Å². The smallest absolute Gasteiger partial charge is 0.263 e. The molecule has 2 aliphatic heterocycles. The number of halogens is 2. The highest BCUT2D eigenvalue weighted by Gasteiger charge is 2.55. The Morgan fingerprint density at radius 3 is 2.70 bits per heavy atom. The lowest BCUT2D eigenvalue weighted by Gasteiger charge is -2.20. The Bertz CT molecular complexity index is 1110. The van der Waals surface area contributed by atoms with E-state index in [9.17, 15) is 18.8 Å². The molecule has 2 aromatic rings. The highest BCUT2D eigenvalue weighted by atomic mass is 35.5. The molecule has 2 aliphatic rings. The van der Waals surface area contributed by atoms with Crippen LogP contribution in [0.25, 0.3) is 0 Å². The molecule has 2 heterocycles. The molecule has 0 spiro atoms. The molecule has 0 radical (unpaired) electrons. The zero-order valence-electron chi connectivity index (χ0n) is 16.1. The number of carbonyl (C=O) groups is 3. The number of hydrogen-bond acceptors (Lipinski definition) is 6. The summed E-state index contributed by atoms with van der Waals surface area (Å²) in [6.45, 7) is 3.57. The van der Waals surface area contributed by atoms with Gasteiger partial charge in [0.05, 0.1) is 10.7 Å². The third-order valence-electron chi connectivity index (χ3n) is 5.20. The number of benzene rings is 2. The highest BCUT2D eigenvalue weighted by Crippen LogP contribution is 2.33. The van der Waals surface area contributed by atoms with Crippen LogP contribution in [-0.4, -0.2) is 41.4 Å².